The molecular formula is C20H20N4O2. The molecule has 4 rings (SSSR count). The van der Waals surface area contributed by atoms with Crippen molar-refractivity contribution in [2.24, 2.45) is 0 Å². The second-order valence-electron chi connectivity index (χ2n) is 6.18. The number of ether oxygens (including phenoxy) is 1. The second kappa shape index (κ2) is 7.01. The fourth-order valence-corrected chi connectivity index (χ4v) is 3.08. The van der Waals surface area contributed by atoms with Crippen molar-refractivity contribution in [3.05, 3.63) is 71.9 Å². The Labute approximate surface area is 151 Å². The Kier molecular flexibility index (Phi) is 4.41. The van der Waals surface area contributed by atoms with E-state index in [0.29, 0.717) is 18.8 Å². The van der Waals surface area contributed by atoms with Gasteiger partial charge in [0.1, 0.15) is 17.6 Å². The SMILES string of the molecule is COc1cccc(-c2cc3n(n2)[C@@H](NCc2ccccc2)CNC3=O)c1. The number of hydrogen-bond donors (Lipinski definition) is 2. The molecule has 2 heterocycles. The molecule has 0 saturated heterocycles. The van der Waals surface area contributed by atoms with Crippen LogP contribution in [0.15, 0.2) is 60.7 Å². The Morgan fingerprint density at radius 3 is 2.85 bits per heavy atom. The van der Waals surface area contributed by atoms with E-state index in [0.717, 1.165) is 17.0 Å². The highest BCUT2D eigenvalue weighted by molar-refractivity contribution is 5.94. The zero-order chi connectivity index (χ0) is 17.9. The quantitative estimate of drug-likeness (QED) is 0.744. The molecule has 3 aromatic rings. The van der Waals surface area contributed by atoms with E-state index >= 15 is 0 Å². The molecule has 0 bridgehead atoms. The molecule has 2 aromatic carbocycles. The molecule has 1 aliphatic rings. The van der Waals surface area contributed by atoms with Gasteiger partial charge in [0.2, 0.25) is 0 Å². The van der Waals surface area contributed by atoms with Crippen molar-refractivity contribution in [1.82, 2.24) is 20.4 Å². The summed E-state index contributed by atoms with van der Waals surface area (Å²) >= 11 is 0. The molecule has 1 aliphatic heterocycles. The van der Waals surface area contributed by atoms with Gasteiger partial charge in [-0.2, -0.15) is 5.10 Å². The molecule has 1 aromatic heterocycles. The summed E-state index contributed by atoms with van der Waals surface area (Å²) in [4.78, 5) is 12.2. The number of methoxy groups -OCH3 is 1. The van der Waals surface area contributed by atoms with Crippen LogP contribution in [0.1, 0.15) is 22.2 Å². The predicted molar refractivity (Wildman–Crippen MR) is 98.9 cm³/mol. The number of aromatic nitrogens is 2. The average Bonchev–Trinajstić information content (AvgIpc) is 3.15. The monoisotopic (exact) mass is 348 g/mol. The molecule has 6 heteroatoms. The van der Waals surface area contributed by atoms with Gasteiger partial charge in [-0.25, -0.2) is 4.68 Å². The van der Waals surface area contributed by atoms with Crippen molar-refractivity contribution in [3.63, 3.8) is 0 Å². The molecule has 1 amide bonds. The third-order valence-electron chi connectivity index (χ3n) is 4.47. The Morgan fingerprint density at radius 1 is 1.19 bits per heavy atom. The average molecular weight is 348 g/mol. The largest absolute Gasteiger partial charge is 0.497 e. The molecule has 26 heavy (non-hydrogen) atoms. The van der Waals surface area contributed by atoms with E-state index < -0.39 is 0 Å². The Morgan fingerprint density at radius 2 is 2.04 bits per heavy atom. The molecule has 2 N–H and O–H groups in total. The van der Waals surface area contributed by atoms with Crippen molar-refractivity contribution < 1.29 is 9.53 Å². The van der Waals surface area contributed by atoms with Gasteiger partial charge in [0.15, 0.2) is 0 Å². The lowest BCUT2D eigenvalue weighted by Gasteiger charge is -2.25. The summed E-state index contributed by atoms with van der Waals surface area (Å²) in [7, 11) is 1.63. The molecule has 0 fully saturated rings. The molecule has 0 spiro atoms. The van der Waals surface area contributed by atoms with Gasteiger partial charge in [-0.15, -0.1) is 0 Å². The zero-order valence-electron chi connectivity index (χ0n) is 14.5. The summed E-state index contributed by atoms with van der Waals surface area (Å²) in [5.41, 5.74) is 3.41. The maximum atomic E-state index is 12.2. The normalized spacial score (nSPS) is 16.0. The minimum absolute atomic E-state index is 0.0951. The summed E-state index contributed by atoms with van der Waals surface area (Å²) < 4.78 is 7.06. The van der Waals surface area contributed by atoms with Crippen molar-refractivity contribution in [3.8, 4) is 17.0 Å². The number of nitrogens with one attached hydrogen (secondary N) is 2. The minimum atomic E-state index is -0.107. The van der Waals surface area contributed by atoms with Crippen LogP contribution in [-0.2, 0) is 6.54 Å². The van der Waals surface area contributed by atoms with Crippen molar-refractivity contribution in [2.45, 2.75) is 12.7 Å². The lowest BCUT2D eigenvalue weighted by atomic mass is 10.1. The maximum Gasteiger partial charge on any atom is 0.269 e. The Bertz CT molecular complexity index is 921. The highest BCUT2D eigenvalue weighted by atomic mass is 16.5. The predicted octanol–water partition coefficient (Wildman–Crippen LogP) is 2.59. The molecule has 1 atom stereocenters. The molecule has 6 nitrogen and oxygen atoms in total. The highest BCUT2D eigenvalue weighted by Crippen LogP contribution is 2.25. The fraction of sp³-hybridized carbons (Fsp3) is 0.200. The topological polar surface area (TPSA) is 68.2 Å². The number of nitrogens with zero attached hydrogens (tertiary/aromatic N) is 2. The first-order valence-corrected chi connectivity index (χ1v) is 8.54. The number of fused-ring (bicyclic) bond motifs is 1. The standard InChI is InChI=1S/C20H20N4O2/c1-26-16-9-5-8-15(10-16)17-11-18-20(25)22-13-19(24(18)23-17)21-12-14-6-3-2-4-7-14/h2-11,19,21H,12-13H2,1H3,(H,22,25)/t19-/m1/s1. The van der Waals surface area contributed by atoms with E-state index in [1.54, 1.807) is 11.8 Å². The number of carbonyl (C=O) groups excluding carboxylic acids is 1. The van der Waals surface area contributed by atoms with Crippen LogP contribution in [-0.4, -0.2) is 29.3 Å². The Hall–Kier alpha value is -3.12. The summed E-state index contributed by atoms with van der Waals surface area (Å²) in [5.74, 6) is 0.654. The van der Waals surface area contributed by atoms with E-state index in [1.807, 2.05) is 48.5 Å². The van der Waals surface area contributed by atoms with Crippen LogP contribution in [0.25, 0.3) is 11.3 Å². The maximum absolute atomic E-state index is 12.2. The zero-order valence-corrected chi connectivity index (χ0v) is 14.5. The van der Waals surface area contributed by atoms with Gasteiger partial charge in [-0.3, -0.25) is 10.1 Å². The van der Waals surface area contributed by atoms with E-state index in [2.05, 4.69) is 27.9 Å². The molecular weight excluding hydrogens is 328 g/mol. The summed E-state index contributed by atoms with van der Waals surface area (Å²) in [6, 6.07) is 19.7. The van der Waals surface area contributed by atoms with E-state index in [1.165, 1.54) is 5.56 Å². The highest BCUT2D eigenvalue weighted by Gasteiger charge is 2.27. The van der Waals surface area contributed by atoms with Crippen LogP contribution in [0.4, 0.5) is 0 Å². The lowest BCUT2D eigenvalue weighted by molar-refractivity contribution is 0.0900. The summed E-state index contributed by atoms with van der Waals surface area (Å²) in [5, 5.41) is 11.1. The smallest absolute Gasteiger partial charge is 0.269 e. The van der Waals surface area contributed by atoms with Gasteiger partial charge in [0.25, 0.3) is 5.91 Å². The van der Waals surface area contributed by atoms with Crippen molar-refractivity contribution in [2.75, 3.05) is 13.7 Å². The van der Waals surface area contributed by atoms with Gasteiger partial charge in [0.05, 0.1) is 19.3 Å². The van der Waals surface area contributed by atoms with Crippen molar-refractivity contribution >= 4 is 5.91 Å². The number of carbonyl (C=O) groups is 1. The lowest BCUT2D eigenvalue weighted by Crippen LogP contribution is -2.45. The first-order valence-electron chi connectivity index (χ1n) is 8.54. The summed E-state index contributed by atoms with van der Waals surface area (Å²) in [6.45, 7) is 1.20. The molecule has 0 radical (unpaired) electrons. The second-order valence-corrected chi connectivity index (χ2v) is 6.18. The van der Waals surface area contributed by atoms with Crippen LogP contribution in [0.2, 0.25) is 0 Å². The molecule has 0 saturated carbocycles. The minimum Gasteiger partial charge on any atom is -0.497 e. The third-order valence-corrected chi connectivity index (χ3v) is 4.47. The number of rotatable bonds is 5. The van der Waals surface area contributed by atoms with E-state index in [4.69, 9.17) is 4.74 Å². The van der Waals surface area contributed by atoms with Gasteiger partial charge < -0.3 is 10.1 Å². The van der Waals surface area contributed by atoms with E-state index in [9.17, 15) is 4.79 Å². The van der Waals surface area contributed by atoms with Crippen LogP contribution in [0.3, 0.4) is 0 Å². The first kappa shape index (κ1) is 16.4. The van der Waals surface area contributed by atoms with Crippen LogP contribution >= 0.6 is 0 Å². The van der Waals surface area contributed by atoms with Crippen LogP contribution < -0.4 is 15.4 Å². The molecule has 132 valence electrons. The first-order chi connectivity index (χ1) is 12.7. The number of benzene rings is 2. The van der Waals surface area contributed by atoms with E-state index in [-0.39, 0.29) is 12.1 Å². The van der Waals surface area contributed by atoms with Crippen molar-refractivity contribution in [1.29, 1.82) is 0 Å². The molecule has 0 aliphatic carbocycles. The number of hydrogen-bond acceptors (Lipinski definition) is 4. The fourth-order valence-electron chi connectivity index (χ4n) is 3.08. The summed E-state index contributed by atoms with van der Waals surface area (Å²) in [6.07, 6.45) is -0.0951. The number of amides is 1. The molecule has 0 unspecified atom stereocenters. The third kappa shape index (κ3) is 3.19. The van der Waals surface area contributed by atoms with Crippen LogP contribution in [0, 0.1) is 0 Å². The van der Waals surface area contributed by atoms with Gasteiger partial charge in [-0.05, 0) is 23.8 Å². The van der Waals surface area contributed by atoms with Gasteiger partial charge in [-0.1, -0.05) is 42.5 Å². The van der Waals surface area contributed by atoms with Crippen LogP contribution in [0.5, 0.6) is 5.75 Å². The van der Waals surface area contributed by atoms with Gasteiger partial charge >= 0.3 is 0 Å². The van der Waals surface area contributed by atoms with Gasteiger partial charge in [0, 0.05) is 12.1 Å². The Balaban J connectivity index is 1.61.